The number of carbonyl (C=O) groups is 1. The minimum absolute atomic E-state index is 0.231. The molecule has 2 heterocycles. The smallest absolute Gasteiger partial charge is 0.327 e. The molecule has 2 amide bonds. The van der Waals surface area contributed by atoms with Crippen molar-refractivity contribution < 1.29 is 9.53 Å². The summed E-state index contributed by atoms with van der Waals surface area (Å²) >= 11 is 0. The molecule has 6 heteroatoms. The SMILES string of the molecule is O=C(Nc1ccccc1)N1CCOc2ccc(Nc3ccccc3)nc21. The van der Waals surface area contributed by atoms with Crippen LogP contribution in [0.2, 0.25) is 0 Å². The van der Waals surface area contributed by atoms with Gasteiger partial charge in [0.25, 0.3) is 0 Å². The van der Waals surface area contributed by atoms with E-state index in [0.29, 0.717) is 30.5 Å². The quantitative estimate of drug-likeness (QED) is 0.744. The molecular formula is C20H18N4O2. The number of rotatable bonds is 3. The van der Waals surface area contributed by atoms with E-state index in [1.807, 2.05) is 72.8 Å². The van der Waals surface area contributed by atoms with Crippen LogP contribution in [0.3, 0.4) is 0 Å². The van der Waals surface area contributed by atoms with Gasteiger partial charge in [0.1, 0.15) is 12.4 Å². The largest absolute Gasteiger partial charge is 0.488 e. The zero-order chi connectivity index (χ0) is 17.8. The third-order valence-electron chi connectivity index (χ3n) is 3.98. The topological polar surface area (TPSA) is 66.5 Å². The summed E-state index contributed by atoms with van der Waals surface area (Å²) in [6.07, 6.45) is 0. The van der Waals surface area contributed by atoms with Crippen molar-refractivity contribution in [1.82, 2.24) is 4.98 Å². The number of ether oxygens (including phenoxy) is 1. The summed E-state index contributed by atoms with van der Waals surface area (Å²) in [5.41, 5.74) is 1.67. The van der Waals surface area contributed by atoms with Crippen LogP contribution in [0.15, 0.2) is 72.8 Å². The summed E-state index contributed by atoms with van der Waals surface area (Å²) in [4.78, 5) is 18.9. The Hall–Kier alpha value is -3.54. The maximum Gasteiger partial charge on any atom is 0.327 e. The second-order valence-corrected chi connectivity index (χ2v) is 5.81. The number of benzene rings is 2. The Kier molecular flexibility index (Phi) is 4.38. The molecule has 3 aromatic rings. The highest BCUT2D eigenvalue weighted by Gasteiger charge is 2.25. The van der Waals surface area contributed by atoms with Gasteiger partial charge in [-0.05, 0) is 36.4 Å². The first-order chi connectivity index (χ1) is 12.8. The third-order valence-corrected chi connectivity index (χ3v) is 3.98. The van der Waals surface area contributed by atoms with Crippen LogP contribution >= 0.6 is 0 Å². The Morgan fingerprint density at radius 3 is 2.35 bits per heavy atom. The average molecular weight is 346 g/mol. The molecule has 6 nitrogen and oxygen atoms in total. The molecule has 2 N–H and O–H groups in total. The molecule has 130 valence electrons. The predicted molar refractivity (Wildman–Crippen MR) is 102 cm³/mol. The van der Waals surface area contributed by atoms with Crippen LogP contribution < -0.4 is 20.3 Å². The molecule has 1 aliphatic heterocycles. The van der Waals surface area contributed by atoms with E-state index in [1.165, 1.54) is 0 Å². The molecule has 0 atom stereocenters. The summed E-state index contributed by atoms with van der Waals surface area (Å²) < 4.78 is 5.65. The van der Waals surface area contributed by atoms with Crippen LogP contribution in [0.25, 0.3) is 0 Å². The van der Waals surface area contributed by atoms with E-state index in [2.05, 4.69) is 15.6 Å². The minimum atomic E-state index is -0.231. The molecular weight excluding hydrogens is 328 g/mol. The van der Waals surface area contributed by atoms with Gasteiger partial charge in [-0.25, -0.2) is 9.78 Å². The lowest BCUT2D eigenvalue weighted by molar-refractivity contribution is 0.249. The molecule has 0 radical (unpaired) electrons. The van der Waals surface area contributed by atoms with Crippen molar-refractivity contribution in [3.63, 3.8) is 0 Å². The first kappa shape index (κ1) is 16.0. The predicted octanol–water partition coefficient (Wildman–Crippen LogP) is 4.26. The molecule has 0 fully saturated rings. The molecule has 2 aromatic carbocycles. The van der Waals surface area contributed by atoms with Gasteiger partial charge in [0.15, 0.2) is 11.6 Å². The van der Waals surface area contributed by atoms with E-state index in [9.17, 15) is 4.79 Å². The second-order valence-electron chi connectivity index (χ2n) is 5.81. The Morgan fingerprint density at radius 1 is 0.923 bits per heavy atom. The van der Waals surface area contributed by atoms with Crippen LogP contribution in [0.4, 0.5) is 27.8 Å². The number of nitrogens with one attached hydrogen (secondary N) is 2. The van der Waals surface area contributed by atoms with Crippen LogP contribution in [-0.4, -0.2) is 24.2 Å². The fourth-order valence-corrected chi connectivity index (χ4v) is 2.74. The van der Waals surface area contributed by atoms with Crippen molar-refractivity contribution in [3.8, 4) is 5.75 Å². The fourth-order valence-electron chi connectivity index (χ4n) is 2.74. The number of urea groups is 1. The molecule has 0 bridgehead atoms. The number of nitrogens with zero attached hydrogens (tertiary/aromatic N) is 2. The lowest BCUT2D eigenvalue weighted by Gasteiger charge is -2.28. The molecule has 1 aromatic heterocycles. The van der Waals surface area contributed by atoms with Crippen molar-refractivity contribution in [2.24, 2.45) is 0 Å². The average Bonchev–Trinajstić information content (AvgIpc) is 2.69. The molecule has 0 spiro atoms. The van der Waals surface area contributed by atoms with Gasteiger partial charge in [0, 0.05) is 11.4 Å². The molecule has 26 heavy (non-hydrogen) atoms. The van der Waals surface area contributed by atoms with Crippen LogP contribution in [0.5, 0.6) is 5.75 Å². The molecule has 0 unspecified atom stereocenters. The van der Waals surface area contributed by atoms with Crippen molar-refractivity contribution in [1.29, 1.82) is 0 Å². The van der Waals surface area contributed by atoms with Gasteiger partial charge in [0.05, 0.1) is 6.54 Å². The van der Waals surface area contributed by atoms with Crippen LogP contribution in [-0.2, 0) is 0 Å². The van der Waals surface area contributed by atoms with Gasteiger partial charge in [-0.1, -0.05) is 36.4 Å². The number of anilines is 4. The van der Waals surface area contributed by atoms with E-state index < -0.39 is 0 Å². The highest BCUT2D eigenvalue weighted by atomic mass is 16.5. The molecule has 4 rings (SSSR count). The number of carbonyl (C=O) groups excluding carboxylic acids is 1. The zero-order valence-electron chi connectivity index (χ0n) is 14.1. The Bertz CT molecular complexity index is 900. The summed E-state index contributed by atoms with van der Waals surface area (Å²) in [6.45, 7) is 0.871. The lowest BCUT2D eigenvalue weighted by atomic mass is 10.3. The van der Waals surface area contributed by atoms with Gasteiger partial charge in [-0.15, -0.1) is 0 Å². The Balaban J connectivity index is 1.58. The highest BCUT2D eigenvalue weighted by Crippen LogP contribution is 2.32. The summed E-state index contributed by atoms with van der Waals surface area (Å²) in [7, 11) is 0. The zero-order valence-corrected chi connectivity index (χ0v) is 14.1. The van der Waals surface area contributed by atoms with E-state index in [0.717, 1.165) is 11.4 Å². The maximum atomic E-state index is 12.7. The van der Waals surface area contributed by atoms with Crippen LogP contribution in [0.1, 0.15) is 0 Å². The van der Waals surface area contributed by atoms with Gasteiger partial charge >= 0.3 is 6.03 Å². The molecule has 0 saturated heterocycles. The number of aromatic nitrogens is 1. The molecule has 1 aliphatic rings. The van der Waals surface area contributed by atoms with Crippen LogP contribution in [0, 0.1) is 0 Å². The summed E-state index contributed by atoms with van der Waals surface area (Å²) in [5.74, 6) is 1.75. The van der Waals surface area contributed by atoms with Gasteiger partial charge in [-0.2, -0.15) is 0 Å². The van der Waals surface area contributed by atoms with Crippen molar-refractivity contribution >= 4 is 29.0 Å². The maximum absolute atomic E-state index is 12.7. The number of para-hydroxylation sites is 2. The summed E-state index contributed by atoms with van der Waals surface area (Å²) in [6, 6.07) is 22.6. The first-order valence-electron chi connectivity index (χ1n) is 8.39. The molecule has 0 saturated carbocycles. The van der Waals surface area contributed by atoms with E-state index in [4.69, 9.17) is 4.74 Å². The second kappa shape index (κ2) is 7.14. The van der Waals surface area contributed by atoms with Crippen molar-refractivity contribution in [2.45, 2.75) is 0 Å². The Labute approximate surface area is 151 Å². The number of hydrogen-bond donors (Lipinski definition) is 2. The minimum Gasteiger partial charge on any atom is -0.488 e. The number of pyridine rings is 1. The van der Waals surface area contributed by atoms with E-state index >= 15 is 0 Å². The third kappa shape index (κ3) is 3.44. The lowest BCUT2D eigenvalue weighted by Crippen LogP contribution is -2.41. The summed E-state index contributed by atoms with van der Waals surface area (Å²) in [5, 5.41) is 6.13. The van der Waals surface area contributed by atoms with E-state index in [-0.39, 0.29) is 6.03 Å². The normalized spacial score (nSPS) is 12.7. The number of fused-ring (bicyclic) bond motifs is 1. The standard InChI is InChI=1S/C20H18N4O2/c25-20(22-16-9-5-2-6-10-16)24-13-14-26-17-11-12-18(23-19(17)24)21-15-7-3-1-4-8-15/h1-12H,13-14H2,(H,21,23)(H,22,25). The number of hydrogen-bond acceptors (Lipinski definition) is 4. The van der Waals surface area contributed by atoms with Crippen molar-refractivity contribution in [3.05, 3.63) is 72.8 Å². The van der Waals surface area contributed by atoms with Gasteiger partial charge in [-0.3, -0.25) is 4.90 Å². The highest BCUT2D eigenvalue weighted by molar-refractivity contribution is 6.02. The Morgan fingerprint density at radius 2 is 1.62 bits per heavy atom. The fraction of sp³-hybridized carbons (Fsp3) is 0.100. The molecule has 0 aliphatic carbocycles. The van der Waals surface area contributed by atoms with Gasteiger partial charge in [0.2, 0.25) is 0 Å². The number of amides is 2. The first-order valence-corrected chi connectivity index (χ1v) is 8.39. The van der Waals surface area contributed by atoms with Gasteiger partial charge < -0.3 is 15.4 Å². The van der Waals surface area contributed by atoms with E-state index in [1.54, 1.807) is 4.90 Å². The van der Waals surface area contributed by atoms with Crippen molar-refractivity contribution in [2.75, 3.05) is 28.7 Å². The monoisotopic (exact) mass is 346 g/mol.